The van der Waals surface area contributed by atoms with E-state index in [1.165, 1.54) is 4.90 Å². The van der Waals surface area contributed by atoms with Crippen molar-refractivity contribution in [3.63, 3.8) is 0 Å². The average molecular weight is 223 g/mol. The Bertz CT molecular complexity index is 384. The molecule has 4 heteroatoms. The number of carbonyl (C=O) groups excluding carboxylic acids is 1. The van der Waals surface area contributed by atoms with E-state index in [2.05, 4.69) is 4.98 Å². The molecule has 0 saturated heterocycles. The first-order valence-corrected chi connectivity index (χ1v) is 5.13. The molecule has 4 nitrogen and oxygen atoms in total. The molecule has 1 aromatic rings. The zero-order valence-electron chi connectivity index (χ0n) is 11.2. The number of hydrogen-bond acceptors (Lipinski definition) is 3. The Kier molecular flexibility index (Phi) is 3.39. The molecule has 0 saturated carbocycles. The maximum Gasteiger partial charge on any atom is 0.410 e. The van der Waals surface area contributed by atoms with Crippen molar-refractivity contribution in [2.24, 2.45) is 0 Å². The van der Waals surface area contributed by atoms with E-state index in [4.69, 9.17) is 6.11 Å². The second-order valence-electron chi connectivity index (χ2n) is 4.63. The lowest BCUT2D eigenvalue weighted by Gasteiger charge is -2.24. The number of ether oxygens (including phenoxy) is 1. The van der Waals surface area contributed by atoms with Gasteiger partial charge in [0.05, 0.1) is 7.92 Å². The molecule has 0 unspecified atom stereocenters. The lowest BCUT2D eigenvalue weighted by molar-refractivity contribution is 0.0285. The topological polar surface area (TPSA) is 42.4 Å². The molecular formula is C12H18N2O2. The lowest BCUT2D eigenvalue weighted by atomic mass is 10.2. The Morgan fingerprint density at radius 3 is 2.81 bits per heavy atom. The van der Waals surface area contributed by atoms with Crippen LogP contribution >= 0.6 is 0 Å². The fourth-order valence-corrected chi connectivity index (χ4v) is 1.12. The van der Waals surface area contributed by atoms with Gasteiger partial charge in [0, 0.05) is 19.4 Å². The van der Waals surface area contributed by atoms with Crippen LogP contribution in [0, 0.1) is 0 Å². The molecule has 0 spiro atoms. The van der Waals surface area contributed by atoms with Crippen LogP contribution in [0.15, 0.2) is 24.5 Å². The summed E-state index contributed by atoms with van der Waals surface area (Å²) >= 11 is 0. The van der Waals surface area contributed by atoms with Gasteiger partial charge in [0.1, 0.15) is 5.60 Å². The van der Waals surface area contributed by atoms with E-state index < -0.39 is 5.60 Å². The zero-order chi connectivity index (χ0) is 13.1. The third-order valence-electron chi connectivity index (χ3n) is 1.80. The van der Waals surface area contributed by atoms with Crippen LogP contribution in [0.4, 0.5) is 4.79 Å². The van der Waals surface area contributed by atoms with Crippen molar-refractivity contribution < 1.29 is 10.9 Å². The molecule has 0 aromatic carbocycles. The molecule has 0 aliphatic rings. The first-order valence-electron chi connectivity index (χ1n) is 5.63. The quantitative estimate of drug-likeness (QED) is 0.773. The van der Waals surface area contributed by atoms with Gasteiger partial charge in [0.25, 0.3) is 0 Å². The minimum Gasteiger partial charge on any atom is -0.444 e. The summed E-state index contributed by atoms with van der Waals surface area (Å²) in [7, 11) is 1.67. The van der Waals surface area contributed by atoms with Crippen molar-refractivity contribution in [1.82, 2.24) is 9.88 Å². The molecule has 0 radical (unpaired) electrons. The Hall–Kier alpha value is -1.58. The first-order chi connectivity index (χ1) is 7.78. The molecular weight excluding hydrogens is 204 g/mol. The molecule has 1 aromatic heterocycles. The number of aromatic nitrogens is 1. The second kappa shape index (κ2) is 4.96. The van der Waals surface area contributed by atoms with Crippen LogP contribution in [0.1, 0.15) is 27.7 Å². The lowest BCUT2D eigenvalue weighted by Crippen LogP contribution is -2.33. The number of pyridine rings is 1. The third-order valence-corrected chi connectivity index (χ3v) is 1.80. The number of carbonyl (C=O) groups is 1. The van der Waals surface area contributed by atoms with Gasteiger partial charge in [-0.15, -0.1) is 0 Å². The molecule has 1 rings (SSSR count). The maximum absolute atomic E-state index is 11.7. The van der Waals surface area contributed by atoms with Crippen molar-refractivity contribution in [2.75, 3.05) is 7.05 Å². The average Bonchev–Trinajstić information content (AvgIpc) is 2.19. The van der Waals surface area contributed by atoms with Gasteiger partial charge in [0.2, 0.25) is 0 Å². The van der Waals surface area contributed by atoms with E-state index in [1.54, 1.807) is 25.4 Å². The monoisotopic (exact) mass is 223 g/mol. The molecule has 0 aliphatic heterocycles. The highest BCUT2D eigenvalue weighted by molar-refractivity contribution is 5.67. The standard InChI is InChI=1S/C12H18N2O2/c1-12(2,3)16-11(15)14(4)9-10-6-5-7-13-8-10/h5-8H,9H2,1-4H3/i7D. The Balaban J connectivity index is 2.57. The highest BCUT2D eigenvalue weighted by Crippen LogP contribution is 2.10. The van der Waals surface area contributed by atoms with Crippen LogP contribution in [0.3, 0.4) is 0 Å². The number of rotatable bonds is 2. The van der Waals surface area contributed by atoms with E-state index in [0.29, 0.717) is 6.54 Å². The van der Waals surface area contributed by atoms with E-state index >= 15 is 0 Å². The van der Waals surface area contributed by atoms with Gasteiger partial charge in [-0.25, -0.2) is 4.79 Å². The Morgan fingerprint density at radius 1 is 1.62 bits per heavy atom. The predicted molar refractivity (Wildman–Crippen MR) is 61.9 cm³/mol. The van der Waals surface area contributed by atoms with E-state index in [-0.39, 0.29) is 12.3 Å². The highest BCUT2D eigenvalue weighted by atomic mass is 16.6. The van der Waals surface area contributed by atoms with E-state index in [1.807, 2.05) is 20.8 Å². The fraction of sp³-hybridized carbons (Fsp3) is 0.500. The normalized spacial score (nSPS) is 11.9. The Labute approximate surface area is 97.6 Å². The van der Waals surface area contributed by atoms with Crippen LogP contribution in [-0.4, -0.2) is 28.6 Å². The molecule has 0 bridgehead atoms. The number of amides is 1. The van der Waals surface area contributed by atoms with Gasteiger partial charge < -0.3 is 9.64 Å². The molecule has 16 heavy (non-hydrogen) atoms. The minimum absolute atomic E-state index is 0.216. The minimum atomic E-state index is -0.491. The van der Waals surface area contributed by atoms with Gasteiger partial charge in [-0.05, 0) is 32.4 Å². The first kappa shape index (κ1) is 10.9. The van der Waals surface area contributed by atoms with Crippen molar-refractivity contribution in [2.45, 2.75) is 32.9 Å². The molecule has 0 aliphatic carbocycles. The molecule has 0 fully saturated rings. The summed E-state index contributed by atoms with van der Waals surface area (Å²) in [6.07, 6.45) is 1.43. The zero-order valence-corrected chi connectivity index (χ0v) is 10.2. The summed E-state index contributed by atoms with van der Waals surface area (Å²) in [6.45, 7) is 5.90. The summed E-state index contributed by atoms with van der Waals surface area (Å²) in [6, 6.07) is 3.37. The van der Waals surface area contributed by atoms with Gasteiger partial charge >= 0.3 is 6.09 Å². The van der Waals surface area contributed by atoms with Crippen molar-refractivity contribution >= 4 is 6.09 Å². The highest BCUT2D eigenvalue weighted by Gasteiger charge is 2.19. The maximum atomic E-state index is 11.7. The largest absolute Gasteiger partial charge is 0.444 e. The van der Waals surface area contributed by atoms with Gasteiger partial charge in [-0.3, -0.25) is 4.98 Å². The Morgan fingerprint density at radius 2 is 2.31 bits per heavy atom. The predicted octanol–water partition coefficient (Wildman–Crippen LogP) is 2.45. The molecule has 0 N–H and O–H groups in total. The summed E-state index contributed by atoms with van der Waals surface area (Å²) in [4.78, 5) is 17.0. The van der Waals surface area contributed by atoms with Crippen LogP contribution < -0.4 is 0 Å². The number of nitrogens with zero attached hydrogens (tertiary/aromatic N) is 2. The SMILES string of the molecule is [2H]c1ccc(CN(C)C(=O)OC(C)(C)C)cn1. The fourth-order valence-electron chi connectivity index (χ4n) is 1.12. The smallest absolute Gasteiger partial charge is 0.410 e. The van der Waals surface area contributed by atoms with Crippen LogP contribution in [0.5, 0.6) is 0 Å². The van der Waals surface area contributed by atoms with Gasteiger partial charge in [0.15, 0.2) is 0 Å². The summed E-state index contributed by atoms with van der Waals surface area (Å²) < 4.78 is 12.5. The van der Waals surface area contributed by atoms with Crippen LogP contribution in [0.2, 0.25) is 0 Å². The summed E-state index contributed by atoms with van der Waals surface area (Å²) in [5.74, 6) is 0. The molecule has 1 amide bonds. The number of hydrogen-bond donors (Lipinski definition) is 0. The molecule has 0 atom stereocenters. The van der Waals surface area contributed by atoms with Crippen molar-refractivity contribution in [3.8, 4) is 0 Å². The van der Waals surface area contributed by atoms with Gasteiger partial charge in [-0.1, -0.05) is 6.07 Å². The van der Waals surface area contributed by atoms with Crippen molar-refractivity contribution in [3.05, 3.63) is 30.1 Å². The van der Waals surface area contributed by atoms with Crippen LogP contribution in [0.25, 0.3) is 0 Å². The summed E-state index contributed by atoms with van der Waals surface area (Å²) in [5, 5.41) is 0. The van der Waals surface area contributed by atoms with Gasteiger partial charge in [-0.2, -0.15) is 0 Å². The van der Waals surface area contributed by atoms with E-state index in [0.717, 1.165) is 5.56 Å². The van der Waals surface area contributed by atoms with Crippen LogP contribution in [-0.2, 0) is 11.3 Å². The third kappa shape index (κ3) is 4.29. The summed E-state index contributed by atoms with van der Waals surface area (Å²) in [5.41, 5.74) is 0.378. The molecule has 1 heterocycles. The van der Waals surface area contributed by atoms with E-state index in [9.17, 15) is 4.79 Å². The van der Waals surface area contributed by atoms with Crippen molar-refractivity contribution in [1.29, 1.82) is 0 Å². The molecule has 88 valence electrons. The second-order valence-corrected chi connectivity index (χ2v) is 4.63.